The average Bonchev–Trinajstić information content (AvgIpc) is 2.19. The van der Waals surface area contributed by atoms with Gasteiger partial charge >= 0.3 is 0 Å². The van der Waals surface area contributed by atoms with Crippen LogP contribution < -0.4 is 11.1 Å². The molecule has 3 N–H and O–H groups in total. The Hall–Kier alpha value is -1.13. The second-order valence-corrected chi connectivity index (χ2v) is 3.53. The molecule has 0 saturated carbocycles. The molecule has 76 valence electrons. The third-order valence-electron chi connectivity index (χ3n) is 2.37. The molecule has 0 aliphatic carbocycles. The van der Waals surface area contributed by atoms with Crippen molar-refractivity contribution in [1.29, 1.82) is 0 Å². The van der Waals surface area contributed by atoms with Crippen LogP contribution in [0.4, 0.5) is 5.69 Å². The maximum Gasteiger partial charge on any atom is 0.112 e. The number of ether oxygens (including phenoxy) is 1. The van der Waals surface area contributed by atoms with Crippen LogP contribution in [0.2, 0.25) is 0 Å². The highest BCUT2D eigenvalue weighted by molar-refractivity contribution is 5.40. The first-order valence-electron chi connectivity index (χ1n) is 4.81. The van der Waals surface area contributed by atoms with Crippen molar-refractivity contribution < 1.29 is 4.74 Å². The maximum absolute atomic E-state index is 5.64. The largest absolute Gasteiger partial charge is 0.397 e. The second-order valence-electron chi connectivity index (χ2n) is 3.53. The summed E-state index contributed by atoms with van der Waals surface area (Å²) in [7, 11) is 0. The number of aromatic nitrogens is 1. The Bertz CT molecular complexity index is 321. The van der Waals surface area contributed by atoms with Gasteiger partial charge < -0.3 is 15.8 Å². The van der Waals surface area contributed by atoms with Crippen molar-refractivity contribution in [3.8, 4) is 0 Å². The first-order valence-corrected chi connectivity index (χ1v) is 4.81. The van der Waals surface area contributed by atoms with Crippen LogP contribution in [-0.2, 0) is 4.74 Å². The molecular formula is C10H15N3O. The van der Waals surface area contributed by atoms with E-state index < -0.39 is 0 Å². The van der Waals surface area contributed by atoms with Crippen LogP contribution in [0.15, 0.2) is 12.3 Å². The van der Waals surface area contributed by atoms with Crippen molar-refractivity contribution in [2.45, 2.75) is 13.0 Å². The van der Waals surface area contributed by atoms with E-state index in [-0.39, 0.29) is 6.10 Å². The molecule has 1 aromatic heterocycles. The van der Waals surface area contributed by atoms with E-state index >= 15 is 0 Å². The summed E-state index contributed by atoms with van der Waals surface area (Å²) >= 11 is 0. The van der Waals surface area contributed by atoms with Gasteiger partial charge in [0, 0.05) is 13.1 Å². The minimum Gasteiger partial charge on any atom is -0.397 e. The third kappa shape index (κ3) is 1.86. The molecule has 0 amide bonds. The van der Waals surface area contributed by atoms with Crippen molar-refractivity contribution in [3.63, 3.8) is 0 Å². The Kier molecular flexibility index (Phi) is 2.65. The molecule has 0 radical (unpaired) electrons. The Morgan fingerprint density at radius 1 is 1.64 bits per heavy atom. The van der Waals surface area contributed by atoms with Crippen molar-refractivity contribution in [1.82, 2.24) is 10.3 Å². The first-order chi connectivity index (χ1) is 6.77. The summed E-state index contributed by atoms with van der Waals surface area (Å²) in [5.74, 6) is 0. The molecule has 1 saturated heterocycles. The maximum atomic E-state index is 5.64. The van der Waals surface area contributed by atoms with Crippen LogP contribution >= 0.6 is 0 Å². The number of nitrogens with zero attached hydrogens (tertiary/aromatic N) is 1. The van der Waals surface area contributed by atoms with Gasteiger partial charge in [-0.05, 0) is 18.6 Å². The van der Waals surface area contributed by atoms with E-state index in [2.05, 4.69) is 10.3 Å². The molecule has 1 fully saturated rings. The minimum atomic E-state index is 0.0735. The number of nitrogens with one attached hydrogen (secondary N) is 1. The van der Waals surface area contributed by atoms with Crippen LogP contribution in [0, 0.1) is 6.92 Å². The third-order valence-corrected chi connectivity index (χ3v) is 2.37. The van der Waals surface area contributed by atoms with E-state index in [0.717, 1.165) is 31.0 Å². The van der Waals surface area contributed by atoms with E-state index in [4.69, 9.17) is 10.5 Å². The lowest BCUT2D eigenvalue weighted by Gasteiger charge is -2.24. The number of hydrogen-bond acceptors (Lipinski definition) is 4. The summed E-state index contributed by atoms with van der Waals surface area (Å²) in [5, 5.41) is 3.28. The molecule has 2 rings (SSSR count). The summed E-state index contributed by atoms with van der Waals surface area (Å²) in [6, 6.07) is 1.93. The average molecular weight is 193 g/mol. The lowest BCUT2D eigenvalue weighted by Crippen LogP contribution is -2.34. The van der Waals surface area contributed by atoms with Gasteiger partial charge in [0.05, 0.1) is 24.2 Å². The number of morpholine rings is 1. The number of rotatable bonds is 1. The van der Waals surface area contributed by atoms with Crippen molar-refractivity contribution in [3.05, 3.63) is 23.5 Å². The molecular weight excluding hydrogens is 178 g/mol. The Morgan fingerprint density at radius 2 is 2.50 bits per heavy atom. The van der Waals surface area contributed by atoms with Gasteiger partial charge in [0.1, 0.15) is 6.10 Å². The van der Waals surface area contributed by atoms with Crippen LogP contribution in [0.25, 0.3) is 0 Å². The van der Waals surface area contributed by atoms with Gasteiger partial charge in [-0.2, -0.15) is 0 Å². The second kappa shape index (κ2) is 3.94. The highest BCUT2D eigenvalue weighted by Crippen LogP contribution is 2.21. The fourth-order valence-corrected chi connectivity index (χ4v) is 1.69. The van der Waals surface area contributed by atoms with Crippen LogP contribution in [0.3, 0.4) is 0 Å². The zero-order chi connectivity index (χ0) is 9.97. The number of hydrogen-bond donors (Lipinski definition) is 2. The van der Waals surface area contributed by atoms with Crippen molar-refractivity contribution >= 4 is 5.69 Å². The van der Waals surface area contributed by atoms with Crippen molar-refractivity contribution in [2.75, 3.05) is 25.4 Å². The SMILES string of the molecule is Cc1cc(N)cnc1C1CNCCO1. The van der Waals surface area contributed by atoms with Crippen LogP contribution in [0.5, 0.6) is 0 Å². The van der Waals surface area contributed by atoms with Gasteiger partial charge in [0.2, 0.25) is 0 Å². The van der Waals surface area contributed by atoms with Gasteiger partial charge in [0.25, 0.3) is 0 Å². The summed E-state index contributed by atoms with van der Waals surface area (Å²) in [5.41, 5.74) is 8.43. The monoisotopic (exact) mass is 193 g/mol. The van der Waals surface area contributed by atoms with Gasteiger partial charge in [-0.25, -0.2) is 0 Å². The number of aryl methyl sites for hydroxylation is 1. The lowest BCUT2D eigenvalue weighted by molar-refractivity contribution is 0.0246. The summed E-state index contributed by atoms with van der Waals surface area (Å²) in [4.78, 5) is 4.31. The van der Waals surface area contributed by atoms with Gasteiger partial charge in [-0.3, -0.25) is 4.98 Å². The molecule has 4 nitrogen and oxygen atoms in total. The summed E-state index contributed by atoms with van der Waals surface area (Å²) in [6.07, 6.45) is 1.75. The van der Waals surface area contributed by atoms with Crippen molar-refractivity contribution in [2.24, 2.45) is 0 Å². The molecule has 1 unspecified atom stereocenters. The fourth-order valence-electron chi connectivity index (χ4n) is 1.69. The standard InChI is InChI=1S/C10H15N3O/c1-7-4-8(11)5-13-10(7)9-6-12-2-3-14-9/h4-5,9,12H,2-3,6,11H2,1H3. The Morgan fingerprint density at radius 3 is 3.14 bits per heavy atom. The lowest BCUT2D eigenvalue weighted by atomic mass is 10.1. The molecule has 0 spiro atoms. The van der Waals surface area contributed by atoms with E-state index in [9.17, 15) is 0 Å². The topological polar surface area (TPSA) is 60.2 Å². The molecule has 0 bridgehead atoms. The quantitative estimate of drug-likeness (QED) is 0.687. The molecule has 2 heterocycles. The van der Waals surface area contributed by atoms with Gasteiger partial charge in [-0.15, -0.1) is 0 Å². The fraction of sp³-hybridized carbons (Fsp3) is 0.500. The smallest absolute Gasteiger partial charge is 0.112 e. The number of anilines is 1. The molecule has 14 heavy (non-hydrogen) atoms. The molecule has 1 aliphatic heterocycles. The summed E-state index contributed by atoms with van der Waals surface area (Å²) < 4.78 is 5.62. The molecule has 1 aromatic rings. The Balaban J connectivity index is 2.22. The zero-order valence-electron chi connectivity index (χ0n) is 8.29. The molecule has 0 aromatic carbocycles. The molecule has 1 atom stereocenters. The van der Waals surface area contributed by atoms with Gasteiger partial charge in [-0.1, -0.05) is 0 Å². The normalized spacial score (nSPS) is 22.2. The molecule has 1 aliphatic rings. The van der Waals surface area contributed by atoms with Crippen LogP contribution in [0.1, 0.15) is 17.4 Å². The predicted octanol–water partition coefficient (Wildman–Crippen LogP) is 0.633. The highest BCUT2D eigenvalue weighted by atomic mass is 16.5. The number of nitrogen functional groups attached to an aromatic ring is 1. The van der Waals surface area contributed by atoms with E-state index in [1.807, 2.05) is 13.0 Å². The number of pyridine rings is 1. The minimum absolute atomic E-state index is 0.0735. The Labute approximate surface area is 83.5 Å². The van der Waals surface area contributed by atoms with Gasteiger partial charge in [0.15, 0.2) is 0 Å². The van der Waals surface area contributed by atoms with Crippen LogP contribution in [-0.4, -0.2) is 24.7 Å². The summed E-state index contributed by atoms with van der Waals surface area (Å²) in [6.45, 7) is 4.51. The zero-order valence-corrected chi connectivity index (χ0v) is 8.29. The number of nitrogens with two attached hydrogens (primary N) is 1. The van der Waals surface area contributed by atoms with E-state index in [1.165, 1.54) is 0 Å². The van der Waals surface area contributed by atoms with E-state index in [0.29, 0.717) is 5.69 Å². The predicted molar refractivity (Wildman–Crippen MR) is 54.9 cm³/mol. The van der Waals surface area contributed by atoms with E-state index in [1.54, 1.807) is 6.20 Å². The first kappa shape index (κ1) is 9.43. The highest BCUT2D eigenvalue weighted by Gasteiger charge is 2.18. The molecule has 4 heteroatoms.